The summed E-state index contributed by atoms with van der Waals surface area (Å²) in [4.78, 5) is 18.8. The lowest BCUT2D eigenvalue weighted by molar-refractivity contribution is 0.0115. The number of aromatic amines is 2. The summed E-state index contributed by atoms with van der Waals surface area (Å²) in [7, 11) is 0. The fourth-order valence-corrected chi connectivity index (χ4v) is 5.20. The third-order valence-corrected chi connectivity index (χ3v) is 7.07. The Bertz CT molecular complexity index is 1840. The van der Waals surface area contributed by atoms with Gasteiger partial charge >= 0.3 is 0 Å². The highest BCUT2D eigenvalue weighted by Crippen LogP contribution is 2.33. The first-order valence-electron chi connectivity index (χ1n) is 12.6. The Morgan fingerprint density at radius 3 is 2.69 bits per heavy atom. The molecular formula is C29H22F3N7. The maximum atomic E-state index is 13.9. The van der Waals surface area contributed by atoms with Crippen LogP contribution in [-0.4, -0.2) is 54.0 Å². The van der Waals surface area contributed by atoms with Crippen molar-refractivity contribution in [2.75, 3.05) is 13.1 Å². The van der Waals surface area contributed by atoms with Gasteiger partial charge in [0.05, 0.1) is 35.0 Å². The maximum absolute atomic E-state index is 13.9. The zero-order chi connectivity index (χ0) is 26.6. The average molecular weight is 526 g/mol. The number of alkyl halides is 2. The van der Waals surface area contributed by atoms with Crippen LogP contribution in [0.15, 0.2) is 73.2 Å². The summed E-state index contributed by atoms with van der Waals surface area (Å²) in [6, 6.07) is 16.0. The van der Waals surface area contributed by atoms with E-state index >= 15 is 0 Å². The molecule has 7 nitrogen and oxygen atoms in total. The van der Waals surface area contributed by atoms with Gasteiger partial charge in [-0.05, 0) is 41.5 Å². The standard InChI is InChI=1S/C29H22F3N7/c30-20-4-1-3-18(10-20)21-5-2-6-23-26(21)36-28(35-23)27-22-11-24(34-14-25(22)37-38-27)19-9-17(12-33-13-19)15-39-8-7-29(31,32)16-39/h1-6,9-14H,7-8,15-16H2,(H,35,36)(H,37,38). The van der Waals surface area contributed by atoms with E-state index in [1.807, 2.05) is 36.4 Å². The summed E-state index contributed by atoms with van der Waals surface area (Å²) < 4.78 is 41.2. The predicted molar refractivity (Wildman–Crippen MR) is 142 cm³/mol. The second-order valence-corrected chi connectivity index (χ2v) is 9.88. The zero-order valence-electron chi connectivity index (χ0n) is 20.6. The van der Waals surface area contributed by atoms with Gasteiger partial charge in [0, 0.05) is 48.4 Å². The van der Waals surface area contributed by atoms with Gasteiger partial charge in [-0.25, -0.2) is 18.2 Å². The van der Waals surface area contributed by atoms with Crippen molar-refractivity contribution < 1.29 is 13.2 Å². The molecule has 10 heteroatoms. The van der Waals surface area contributed by atoms with Gasteiger partial charge in [-0.2, -0.15) is 5.10 Å². The van der Waals surface area contributed by atoms with E-state index < -0.39 is 5.92 Å². The Morgan fingerprint density at radius 2 is 1.85 bits per heavy atom. The molecule has 6 aromatic rings. The molecule has 1 aliphatic rings. The lowest BCUT2D eigenvalue weighted by Crippen LogP contribution is -2.24. The fraction of sp³-hybridized carbons (Fsp3) is 0.172. The molecule has 1 fully saturated rings. The first kappa shape index (κ1) is 23.5. The van der Waals surface area contributed by atoms with Gasteiger partial charge in [0.25, 0.3) is 5.92 Å². The molecule has 2 N–H and O–H groups in total. The number of halogens is 3. The number of benzene rings is 2. The number of nitrogens with one attached hydrogen (secondary N) is 2. The number of imidazole rings is 1. The summed E-state index contributed by atoms with van der Waals surface area (Å²) in [5, 5.41) is 8.33. The first-order valence-corrected chi connectivity index (χ1v) is 12.6. The van der Waals surface area contributed by atoms with Crippen LogP contribution in [0.3, 0.4) is 0 Å². The third-order valence-electron chi connectivity index (χ3n) is 7.07. The Morgan fingerprint density at radius 1 is 0.949 bits per heavy atom. The van der Waals surface area contributed by atoms with Crippen molar-refractivity contribution in [2.45, 2.75) is 18.9 Å². The van der Waals surface area contributed by atoms with Crippen LogP contribution in [0.2, 0.25) is 0 Å². The zero-order valence-corrected chi connectivity index (χ0v) is 20.6. The molecule has 194 valence electrons. The van der Waals surface area contributed by atoms with Crippen molar-refractivity contribution in [1.82, 2.24) is 35.0 Å². The molecule has 5 heterocycles. The summed E-state index contributed by atoms with van der Waals surface area (Å²) in [5.74, 6) is -2.38. The molecule has 0 atom stereocenters. The van der Waals surface area contributed by atoms with E-state index in [0.717, 1.165) is 38.7 Å². The number of aromatic nitrogens is 6. The van der Waals surface area contributed by atoms with Crippen LogP contribution in [0.5, 0.6) is 0 Å². The van der Waals surface area contributed by atoms with Crippen molar-refractivity contribution in [3.05, 3.63) is 84.6 Å². The largest absolute Gasteiger partial charge is 0.337 e. The minimum absolute atomic E-state index is 0.118. The monoisotopic (exact) mass is 525 g/mol. The molecule has 0 unspecified atom stereocenters. The van der Waals surface area contributed by atoms with Gasteiger partial charge < -0.3 is 4.98 Å². The first-order chi connectivity index (χ1) is 18.9. The number of H-pyrrole nitrogens is 2. The number of fused-ring (bicyclic) bond motifs is 2. The lowest BCUT2D eigenvalue weighted by atomic mass is 10.0. The van der Waals surface area contributed by atoms with Crippen LogP contribution in [0.4, 0.5) is 13.2 Å². The Balaban J connectivity index is 1.25. The Hall–Kier alpha value is -4.57. The molecule has 1 aliphatic heterocycles. The van der Waals surface area contributed by atoms with Crippen LogP contribution >= 0.6 is 0 Å². The SMILES string of the molecule is Fc1cccc(-c2cccc3[nH]c(-c4n[nH]c5cnc(-c6cncc(CN7CCC(F)(F)C7)c6)cc45)nc23)c1. The van der Waals surface area contributed by atoms with Gasteiger partial charge in [0.15, 0.2) is 5.82 Å². The van der Waals surface area contributed by atoms with Crippen LogP contribution in [0.25, 0.3) is 55.8 Å². The summed E-state index contributed by atoms with van der Waals surface area (Å²) in [6.45, 7) is 0.527. The van der Waals surface area contributed by atoms with Crippen LogP contribution in [0.1, 0.15) is 12.0 Å². The number of nitrogens with zero attached hydrogens (tertiary/aromatic N) is 5. The number of para-hydroxylation sites is 1. The quantitative estimate of drug-likeness (QED) is 0.280. The smallest absolute Gasteiger partial charge is 0.261 e. The normalized spacial score (nSPS) is 15.5. The Labute approximate surface area is 220 Å². The summed E-state index contributed by atoms with van der Waals surface area (Å²) in [5.41, 5.74) is 6.75. The molecule has 4 aromatic heterocycles. The van der Waals surface area contributed by atoms with Gasteiger partial charge in [0.2, 0.25) is 0 Å². The van der Waals surface area contributed by atoms with E-state index in [4.69, 9.17) is 4.98 Å². The minimum Gasteiger partial charge on any atom is -0.337 e. The van der Waals surface area contributed by atoms with E-state index in [2.05, 4.69) is 25.1 Å². The molecule has 0 bridgehead atoms. The molecule has 2 aromatic carbocycles. The van der Waals surface area contributed by atoms with Gasteiger partial charge in [-0.15, -0.1) is 0 Å². The number of hydrogen-bond donors (Lipinski definition) is 2. The average Bonchev–Trinajstić information content (AvgIpc) is 3.64. The van der Waals surface area contributed by atoms with E-state index in [9.17, 15) is 13.2 Å². The van der Waals surface area contributed by atoms with Gasteiger partial charge in [-0.3, -0.25) is 20.0 Å². The molecule has 1 saturated heterocycles. The van der Waals surface area contributed by atoms with E-state index in [1.54, 1.807) is 29.6 Å². The maximum Gasteiger partial charge on any atom is 0.261 e. The summed E-state index contributed by atoms with van der Waals surface area (Å²) in [6.07, 6.45) is 5.00. The molecule has 0 radical (unpaired) electrons. The van der Waals surface area contributed by atoms with Gasteiger partial charge in [-0.1, -0.05) is 24.3 Å². The predicted octanol–water partition coefficient (Wildman–Crippen LogP) is 6.21. The molecule has 0 amide bonds. The van der Waals surface area contributed by atoms with Crippen molar-refractivity contribution in [1.29, 1.82) is 0 Å². The van der Waals surface area contributed by atoms with Crippen molar-refractivity contribution in [3.63, 3.8) is 0 Å². The second kappa shape index (κ2) is 9.02. The summed E-state index contributed by atoms with van der Waals surface area (Å²) >= 11 is 0. The third kappa shape index (κ3) is 4.42. The van der Waals surface area contributed by atoms with Gasteiger partial charge in [0.1, 0.15) is 11.5 Å². The number of rotatable bonds is 5. The number of likely N-dealkylation sites (tertiary alicyclic amines) is 1. The highest BCUT2D eigenvalue weighted by Gasteiger charge is 2.37. The molecule has 0 saturated carbocycles. The van der Waals surface area contributed by atoms with E-state index in [1.165, 1.54) is 12.1 Å². The molecular weight excluding hydrogens is 503 g/mol. The van der Waals surface area contributed by atoms with Crippen LogP contribution in [-0.2, 0) is 6.54 Å². The molecule has 0 aliphatic carbocycles. The van der Waals surface area contributed by atoms with Crippen LogP contribution < -0.4 is 0 Å². The highest BCUT2D eigenvalue weighted by atomic mass is 19.3. The van der Waals surface area contributed by atoms with Crippen LogP contribution in [0, 0.1) is 5.82 Å². The number of pyridine rings is 2. The fourth-order valence-electron chi connectivity index (χ4n) is 5.20. The van der Waals surface area contributed by atoms with Crippen molar-refractivity contribution in [2.24, 2.45) is 0 Å². The van der Waals surface area contributed by atoms with Crippen molar-refractivity contribution >= 4 is 21.9 Å². The Kier molecular flexibility index (Phi) is 5.44. The second-order valence-electron chi connectivity index (χ2n) is 9.88. The lowest BCUT2D eigenvalue weighted by Gasteiger charge is -2.15. The van der Waals surface area contributed by atoms with E-state index in [-0.39, 0.29) is 18.8 Å². The number of hydrogen-bond acceptors (Lipinski definition) is 5. The molecule has 7 rings (SSSR count). The van der Waals surface area contributed by atoms with Crippen molar-refractivity contribution in [3.8, 4) is 33.9 Å². The van der Waals surface area contributed by atoms with E-state index in [0.29, 0.717) is 35.8 Å². The molecule has 0 spiro atoms. The molecule has 39 heavy (non-hydrogen) atoms. The minimum atomic E-state index is -2.63. The topological polar surface area (TPSA) is 86.4 Å². The highest BCUT2D eigenvalue weighted by molar-refractivity contribution is 5.97.